The van der Waals surface area contributed by atoms with Crippen molar-refractivity contribution in [3.63, 3.8) is 0 Å². The van der Waals surface area contributed by atoms with Crippen molar-refractivity contribution in [1.82, 2.24) is 10.9 Å². The van der Waals surface area contributed by atoms with E-state index in [1.807, 2.05) is 0 Å². The standard InChI is InChI=1S/C3H7F3N4O2/c4-3(5,6)2(12,10-8)1(11)9-7/h10,12H,7-8H2,(H,9,11). The van der Waals surface area contributed by atoms with Crippen molar-refractivity contribution in [2.75, 3.05) is 0 Å². The van der Waals surface area contributed by atoms with Crippen LogP contribution >= 0.6 is 0 Å². The molecule has 6 nitrogen and oxygen atoms in total. The molecule has 0 aromatic heterocycles. The molecule has 7 N–H and O–H groups in total. The molecule has 0 heterocycles. The first-order chi connectivity index (χ1) is 5.29. The lowest BCUT2D eigenvalue weighted by Gasteiger charge is -2.26. The van der Waals surface area contributed by atoms with Gasteiger partial charge in [-0.2, -0.15) is 13.2 Å². The first-order valence-electron chi connectivity index (χ1n) is 2.57. The van der Waals surface area contributed by atoms with Crippen LogP contribution in [0.4, 0.5) is 13.2 Å². The van der Waals surface area contributed by atoms with E-state index in [1.54, 1.807) is 0 Å². The van der Waals surface area contributed by atoms with E-state index >= 15 is 0 Å². The van der Waals surface area contributed by atoms with Gasteiger partial charge in [0.05, 0.1) is 0 Å². The molecule has 0 bridgehead atoms. The van der Waals surface area contributed by atoms with E-state index in [2.05, 4.69) is 11.7 Å². The molecule has 0 saturated carbocycles. The van der Waals surface area contributed by atoms with E-state index in [-0.39, 0.29) is 0 Å². The summed E-state index contributed by atoms with van der Waals surface area (Å²) in [6, 6.07) is 0. The van der Waals surface area contributed by atoms with Crippen molar-refractivity contribution in [1.29, 1.82) is 0 Å². The predicted octanol–water partition coefficient (Wildman–Crippen LogP) is -2.31. The first-order valence-corrected chi connectivity index (χ1v) is 2.57. The lowest BCUT2D eigenvalue weighted by atomic mass is 10.2. The fraction of sp³-hybridized carbons (Fsp3) is 0.667. The zero-order chi connectivity index (χ0) is 9.99. The van der Waals surface area contributed by atoms with Crippen LogP contribution in [0, 0.1) is 0 Å². The number of amides is 1. The average molecular weight is 188 g/mol. The highest BCUT2D eigenvalue weighted by molar-refractivity contribution is 5.84. The second-order valence-electron chi connectivity index (χ2n) is 1.83. The molecule has 0 aliphatic heterocycles. The summed E-state index contributed by atoms with van der Waals surface area (Å²) in [6.07, 6.45) is -5.24. The zero-order valence-corrected chi connectivity index (χ0v) is 5.64. The Kier molecular flexibility index (Phi) is 2.98. The molecule has 0 aliphatic rings. The molecule has 0 fully saturated rings. The van der Waals surface area contributed by atoms with E-state index in [4.69, 9.17) is 5.11 Å². The van der Waals surface area contributed by atoms with Gasteiger partial charge in [0.1, 0.15) is 0 Å². The minimum absolute atomic E-state index is 0.908. The number of halogens is 3. The second-order valence-corrected chi connectivity index (χ2v) is 1.83. The highest BCUT2D eigenvalue weighted by atomic mass is 19.4. The number of aliphatic hydroxyl groups is 1. The summed E-state index contributed by atoms with van der Waals surface area (Å²) < 4.78 is 35.5. The number of hydrogen-bond donors (Lipinski definition) is 5. The van der Waals surface area contributed by atoms with Crippen molar-refractivity contribution >= 4 is 5.91 Å². The largest absolute Gasteiger partial charge is 0.442 e. The molecule has 9 heteroatoms. The van der Waals surface area contributed by atoms with E-state index < -0.39 is 17.8 Å². The summed E-state index contributed by atoms with van der Waals surface area (Å²) in [4.78, 5) is 10.4. The molecule has 0 aromatic rings. The van der Waals surface area contributed by atoms with Gasteiger partial charge in [-0.1, -0.05) is 0 Å². The summed E-state index contributed by atoms with van der Waals surface area (Å²) in [5.74, 6) is 6.82. The van der Waals surface area contributed by atoms with Crippen LogP contribution in [0.15, 0.2) is 0 Å². The average Bonchev–Trinajstić information content (AvgIpc) is 1.99. The van der Waals surface area contributed by atoms with Crippen molar-refractivity contribution in [3.05, 3.63) is 0 Å². The molecule has 0 aliphatic carbocycles. The predicted molar refractivity (Wildman–Crippen MR) is 30.7 cm³/mol. The Balaban J connectivity index is 4.80. The Morgan fingerprint density at radius 2 is 1.75 bits per heavy atom. The fourth-order valence-electron chi connectivity index (χ4n) is 0.381. The van der Waals surface area contributed by atoms with Gasteiger partial charge in [0.2, 0.25) is 0 Å². The van der Waals surface area contributed by atoms with Crippen molar-refractivity contribution < 1.29 is 23.1 Å². The van der Waals surface area contributed by atoms with Gasteiger partial charge in [0.25, 0.3) is 5.91 Å². The molecule has 0 spiro atoms. The van der Waals surface area contributed by atoms with Crippen LogP contribution in [0.5, 0.6) is 0 Å². The molecule has 0 aromatic carbocycles. The maximum Gasteiger partial charge on any atom is 0.442 e. The first kappa shape index (κ1) is 11.1. The molecular formula is C3H7F3N4O2. The van der Waals surface area contributed by atoms with Crippen LogP contribution in [0.3, 0.4) is 0 Å². The van der Waals surface area contributed by atoms with Gasteiger partial charge in [-0.25, -0.2) is 11.3 Å². The zero-order valence-electron chi connectivity index (χ0n) is 5.64. The maximum atomic E-state index is 11.8. The fourth-order valence-corrected chi connectivity index (χ4v) is 0.381. The Morgan fingerprint density at radius 3 is 1.83 bits per heavy atom. The van der Waals surface area contributed by atoms with Crippen molar-refractivity contribution in [3.8, 4) is 0 Å². The summed E-state index contributed by atoms with van der Waals surface area (Å²) in [7, 11) is 0. The van der Waals surface area contributed by atoms with E-state index in [9.17, 15) is 18.0 Å². The number of hydrazine groups is 2. The molecule has 1 amide bonds. The van der Waals surface area contributed by atoms with Gasteiger partial charge in [-0.05, 0) is 0 Å². The van der Waals surface area contributed by atoms with E-state index in [0.29, 0.717) is 0 Å². The van der Waals surface area contributed by atoms with Crippen LogP contribution in [0.2, 0.25) is 0 Å². The van der Waals surface area contributed by atoms with Crippen molar-refractivity contribution in [2.24, 2.45) is 11.7 Å². The van der Waals surface area contributed by atoms with Crippen molar-refractivity contribution in [2.45, 2.75) is 11.9 Å². The Bertz CT molecular complexity index is 183. The maximum absolute atomic E-state index is 11.8. The number of carbonyl (C=O) groups excluding carboxylic acids is 1. The smallest absolute Gasteiger partial charge is 0.360 e. The van der Waals surface area contributed by atoms with Gasteiger partial charge < -0.3 is 5.11 Å². The highest BCUT2D eigenvalue weighted by Crippen LogP contribution is 2.27. The molecule has 72 valence electrons. The molecule has 1 unspecified atom stereocenters. The third kappa shape index (κ3) is 1.64. The number of alkyl halides is 3. The lowest BCUT2D eigenvalue weighted by molar-refractivity contribution is -0.262. The van der Waals surface area contributed by atoms with Gasteiger partial charge >= 0.3 is 11.9 Å². The van der Waals surface area contributed by atoms with Gasteiger partial charge in [-0.15, -0.1) is 0 Å². The van der Waals surface area contributed by atoms with Gasteiger partial charge in [0, 0.05) is 0 Å². The normalized spacial score (nSPS) is 16.8. The van der Waals surface area contributed by atoms with Crippen LogP contribution in [0.1, 0.15) is 0 Å². The number of hydrogen-bond acceptors (Lipinski definition) is 5. The second kappa shape index (κ2) is 3.23. The topological polar surface area (TPSA) is 113 Å². The van der Waals surface area contributed by atoms with Crippen LogP contribution in [-0.2, 0) is 4.79 Å². The Labute approximate surface area is 64.6 Å². The monoisotopic (exact) mass is 188 g/mol. The van der Waals surface area contributed by atoms with Gasteiger partial charge in [-0.3, -0.25) is 16.1 Å². The third-order valence-electron chi connectivity index (χ3n) is 1.08. The number of rotatable bonds is 2. The third-order valence-corrected chi connectivity index (χ3v) is 1.08. The van der Waals surface area contributed by atoms with Crippen LogP contribution in [0.25, 0.3) is 0 Å². The van der Waals surface area contributed by atoms with E-state index in [0.717, 1.165) is 10.9 Å². The number of carbonyl (C=O) groups is 1. The summed E-state index contributed by atoms with van der Waals surface area (Å²) in [5, 5.41) is 8.57. The molecular weight excluding hydrogens is 181 g/mol. The molecule has 0 rings (SSSR count). The summed E-state index contributed by atoms with van der Waals surface area (Å²) >= 11 is 0. The van der Waals surface area contributed by atoms with E-state index in [1.165, 1.54) is 0 Å². The lowest BCUT2D eigenvalue weighted by Crippen LogP contribution is -2.68. The highest BCUT2D eigenvalue weighted by Gasteiger charge is 2.59. The SMILES string of the molecule is NNC(=O)C(O)(NN)C(F)(F)F. The summed E-state index contributed by atoms with van der Waals surface area (Å²) in [5.41, 5.74) is -1.84. The minimum Gasteiger partial charge on any atom is -0.360 e. The Morgan fingerprint density at radius 1 is 1.33 bits per heavy atom. The number of nitrogens with two attached hydrogens (primary N) is 2. The molecule has 0 saturated heterocycles. The van der Waals surface area contributed by atoms with Crippen LogP contribution < -0.4 is 22.5 Å². The minimum atomic E-state index is -5.24. The summed E-state index contributed by atoms with van der Waals surface area (Å²) in [6.45, 7) is 0. The molecule has 0 radical (unpaired) electrons. The molecule has 12 heavy (non-hydrogen) atoms. The van der Waals surface area contributed by atoms with Gasteiger partial charge in [0.15, 0.2) is 0 Å². The Hall–Kier alpha value is -0.900. The quantitative estimate of drug-likeness (QED) is 0.145. The number of nitrogens with one attached hydrogen (secondary N) is 2. The molecule has 1 atom stereocenters. The van der Waals surface area contributed by atoms with Crippen LogP contribution in [-0.4, -0.2) is 22.9 Å².